The topological polar surface area (TPSA) is 43.4 Å². The first kappa shape index (κ1) is 11.4. The average molecular weight is 206 g/mol. The van der Waals surface area contributed by atoms with Crippen LogP contribution in [0.4, 0.5) is 0 Å². The predicted octanol–water partition coefficient (Wildman–Crippen LogP) is 1.83. The van der Waals surface area contributed by atoms with E-state index in [0.29, 0.717) is 5.56 Å². The number of esters is 1. The highest BCUT2D eigenvalue weighted by Crippen LogP contribution is 2.15. The van der Waals surface area contributed by atoms with Gasteiger partial charge in [0, 0.05) is 5.56 Å². The second kappa shape index (κ2) is 4.73. The molecule has 1 rings (SSSR count). The molecule has 0 heterocycles. The standard InChI is InChI=1S/C12H14O3/c1-8-5-11(7-13)9(2)4-10(8)6-12(14)15-3/h4-5,7H,6H2,1-3H3. The number of carbonyl (C=O) groups excluding carboxylic acids is 2. The zero-order valence-corrected chi connectivity index (χ0v) is 9.16. The maximum Gasteiger partial charge on any atom is 0.309 e. The van der Waals surface area contributed by atoms with Crippen molar-refractivity contribution in [2.45, 2.75) is 20.3 Å². The summed E-state index contributed by atoms with van der Waals surface area (Å²) in [4.78, 5) is 21.8. The van der Waals surface area contributed by atoms with Gasteiger partial charge in [0.1, 0.15) is 6.29 Å². The molecule has 0 aliphatic heterocycles. The van der Waals surface area contributed by atoms with E-state index >= 15 is 0 Å². The molecule has 80 valence electrons. The van der Waals surface area contributed by atoms with Gasteiger partial charge in [0.05, 0.1) is 13.5 Å². The highest BCUT2D eigenvalue weighted by Gasteiger charge is 2.08. The van der Waals surface area contributed by atoms with Gasteiger partial charge in [-0.15, -0.1) is 0 Å². The lowest BCUT2D eigenvalue weighted by Gasteiger charge is -2.07. The summed E-state index contributed by atoms with van der Waals surface area (Å²) in [5.41, 5.74) is 3.40. The lowest BCUT2D eigenvalue weighted by Crippen LogP contribution is -2.06. The number of carbonyl (C=O) groups is 2. The van der Waals surface area contributed by atoms with Crippen LogP contribution in [-0.2, 0) is 16.0 Å². The van der Waals surface area contributed by atoms with Gasteiger partial charge >= 0.3 is 5.97 Å². The molecule has 0 atom stereocenters. The minimum atomic E-state index is -0.267. The number of ether oxygens (including phenoxy) is 1. The molecule has 0 spiro atoms. The Bertz CT molecular complexity index is 394. The van der Waals surface area contributed by atoms with Gasteiger partial charge in [0.15, 0.2) is 0 Å². The molecule has 1 aromatic rings. The number of aryl methyl sites for hydroxylation is 2. The Morgan fingerprint density at radius 2 is 2.00 bits per heavy atom. The summed E-state index contributed by atoms with van der Waals surface area (Å²) in [5.74, 6) is -0.267. The lowest BCUT2D eigenvalue weighted by molar-refractivity contribution is -0.139. The Balaban J connectivity index is 3.05. The van der Waals surface area contributed by atoms with Crippen molar-refractivity contribution in [3.05, 3.63) is 34.4 Å². The molecule has 0 fully saturated rings. The van der Waals surface area contributed by atoms with Crippen LogP contribution >= 0.6 is 0 Å². The molecule has 0 bridgehead atoms. The summed E-state index contributed by atoms with van der Waals surface area (Å²) >= 11 is 0. The average Bonchev–Trinajstić information content (AvgIpc) is 2.22. The van der Waals surface area contributed by atoms with Crippen molar-refractivity contribution in [3.8, 4) is 0 Å². The molecule has 0 saturated carbocycles. The first-order chi connectivity index (χ1) is 7.08. The van der Waals surface area contributed by atoms with E-state index in [4.69, 9.17) is 0 Å². The Morgan fingerprint density at radius 3 is 2.53 bits per heavy atom. The third-order valence-corrected chi connectivity index (χ3v) is 2.41. The Labute approximate surface area is 89.1 Å². The molecule has 0 amide bonds. The zero-order chi connectivity index (χ0) is 11.4. The van der Waals surface area contributed by atoms with E-state index in [-0.39, 0.29) is 12.4 Å². The summed E-state index contributed by atoms with van der Waals surface area (Å²) in [6.45, 7) is 3.73. The third-order valence-electron chi connectivity index (χ3n) is 2.41. The highest BCUT2D eigenvalue weighted by atomic mass is 16.5. The molecule has 0 radical (unpaired) electrons. The van der Waals surface area contributed by atoms with Gasteiger partial charge in [-0.25, -0.2) is 0 Å². The van der Waals surface area contributed by atoms with Crippen molar-refractivity contribution in [1.29, 1.82) is 0 Å². The monoisotopic (exact) mass is 206 g/mol. The SMILES string of the molecule is COC(=O)Cc1cc(C)c(C=O)cc1C. The maximum absolute atomic E-state index is 11.1. The van der Waals surface area contributed by atoms with Crippen molar-refractivity contribution in [3.63, 3.8) is 0 Å². The summed E-state index contributed by atoms with van der Waals surface area (Å²) in [6.07, 6.45) is 1.08. The second-order valence-corrected chi connectivity index (χ2v) is 3.51. The van der Waals surface area contributed by atoms with E-state index in [1.807, 2.05) is 19.9 Å². The van der Waals surface area contributed by atoms with E-state index in [9.17, 15) is 9.59 Å². The van der Waals surface area contributed by atoms with Gasteiger partial charge in [-0.1, -0.05) is 6.07 Å². The van der Waals surface area contributed by atoms with Crippen LogP contribution in [0.1, 0.15) is 27.0 Å². The predicted molar refractivity (Wildman–Crippen MR) is 57.0 cm³/mol. The Morgan fingerprint density at radius 1 is 1.33 bits per heavy atom. The van der Waals surface area contributed by atoms with Crippen molar-refractivity contribution < 1.29 is 14.3 Å². The van der Waals surface area contributed by atoms with Crippen LogP contribution in [0, 0.1) is 13.8 Å². The van der Waals surface area contributed by atoms with Crippen LogP contribution in [0.5, 0.6) is 0 Å². The first-order valence-electron chi connectivity index (χ1n) is 4.70. The van der Waals surface area contributed by atoms with Gasteiger partial charge in [-0.05, 0) is 36.6 Å². The fourth-order valence-corrected chi connectivity index (χ4v) is 1.44. The van der Waals surface area contributed by atoms with E-state index in [1.54, 1.807) is 6.07 Å². The number of benzene rings is 1. The minimum Gasteiger partial charge on any atom is -0.469 e. The molecular formula is C12H14O3. The smallest absolute Gasteiger partial charge is 0.309 e. The summed E-state index contributed by atoms with van der Waals surface area (Å²) in [6, 6.07) is 3.65. The number of aldehydes is 1. The van der Waals surface area contributed by atoms with Gasteiger partial charge in [-0.2, -0.15) is 0 Å². The number of methoxy groups -OCH3 is 1. The molecule has 0 unspecified atom stereocenters. The van der Waals surface area contributed by atoms with Crippen molar-refractivity contribution in [2.75, 3.05) is 7.11 Å². The Hall–Kier alpha value is -1.64. The molecule has 15 heavy (non-hydrogen) atoms. The van der Waals surface area contributed by atoms with Crippen LogP contribution in [0.3, 0.4) is 0 Å². The van der Waals surface area contributed by atoms with E-state index in [1.165, 1.54) is 7.11 Å². The molecule has 0 aliphatic rings. The summed E-state index contributed by atoms with van der Waals surface area (Å²) in [7, 11) is 1.37. The highest BCUT2D eigenvalue weighted by molar-refractivity contribution is 5.79. The van der Waals surface area contributed by atoms with Crippen molar-refractivity contribution >= 4 is 12.3 Å². The van der Waals surface area contributed by atoms with Gasteiger partial charge in [0.25, 0.3) is 0 Å². The maximum atomic E-state index is 11.1. The summed E-state index contributed by atoms with van der Waals surface area (Å²) < 4.78 is 4.60. The minimum absolute atomic E-state index is 0.252. The van der Waals surface area contributed by atoms with Crippen molar-refractivity contribution in [1.82, 2.24) is 0 Å². The largest absolute Gasteiger partial charge is 0.469 e. The van der Waals surface area contributed by atoms with Gasteiger partial charge < -0.3 is 4.74 Å². The van der Waals surface area contributed by atoms with Crippen LogP contribution in [-0.4, -0.2) is 19.4 Å². The van der Waals surface area contributed by atoms with E-state index in [2.05, 4.69) is 4.74 Å². The van der Waals surface area contributed by atoms with Crippen LogP contribution in [0.15, 0.2) is 12.1 Å². The molecule has 0 saturated heterocycles. The fraction of sp³-hybridized carbons (Fsp3) is 0.333. The molecule has 0 aromatic heterocycles. The molecule has 3 nitrogen and oxygen atoms in total. The number of hydrogen-bond acceptors (Lipinski definition) is 3. The zero-order valence-electron chi connectivity index (χ0n) is 9.16. The molecular weight excluding hydrogens is 192 g/mol. The van der Waals surface area contributed by atoms with Gasteiger partial charge in [0.2, 0.25) is 0 Å². The van der Waals surface area contributed by atoms with E-state index < -0.39 is 0 Å². The normalized spacial score (nSPS) is 9.80. The fourth-order valence-electron chi connectivity index (χ4n) is 1.44. The third kappa shape index (κ3) is 2.65. The first-order valence-corrected chi connectivity index (χ1v) is 4.70. The van der Waals surface area contributed by atoms with Crippen LogP contribution < -0.4 is 0 Å². The number of hydrogen-bond donors (Lipinski definition) is 0. The Kier molecular flexibility index (Phi) is 3.61. The summed E-state index contributed by atoms with van der Waals surface area (Å²) in [5, 5.41) is 0. The molecule has 0 aliphatic carbocycles. The van der Waals surface area contributed by atoms with Crippen LogP contribution in [0.25, 0.3) is 0 Å². The second-order valence-electron chi connectivity index (χ2n) is 3.51. The lowest BCUT2D eigenvalue weighted by atomic mass is 9.99. The number of rotatable bonds is 3. The molecule has 0 N–H and O–H groups in total. The van der Waals surface area contributed by atoms with Crippen LogP contribution in [0.2, 0.25) is 0 Å². The molecule has 3 heteroatoms. The quantitative estimate of drug-likeness (QED) is 0.559. The molecule has 1 aromatic carbocycles. The van der Waals surface area contributed by atoms with E-state index in [0.717, 1.165) is 23.0 Å². The van der Waals surface area contributed by atoms with Crippen molar-refractivity contribution in [2.24, 2.45) is 0 Å². The van der Waals surface area contributed by atoms with Gasteiger partial charge in [-0.3, -0.25) is 9.59 Å².